The van der Waals surface area contributed by atoms with Crippen molar-refractivity contribution in [1.29, 1.82) is 0 Å². The third kappa shape index (κ3) is 3.19. The van der Waals surface area contributed by atoms with E-state index in [1.54, 1.807) is 12.1 Å². The van der Waals surface area contributed by atoms with Gasteiger partial charge in [0.05, 0.1) is 13.2 Å². The summed E-state index contributed by atoms with van der Waals surface area (Å²) in [5, 5.41) is 23.9. The highest BCUT2D eigenvalue weighted by Crippen LogP contribution is 2.31. The van der Waals surface area contributed by atoms with Gasteiger partial charge in [0.15, 0.2) is 5.69 Å². The van der Waals surface area contributed by atoms with Crippen LogP contribution in [0.15, 0.2) is 24.3 Å². The van der Waals surface area contributed by atoms with Crippen LogP contribution in [0.1, 0.15) is 27.3 Å². The minimum atomic E-state index is -4.87. The van der Waals surface area contributed by atoms with Gasteiger partial charge in [-0.05, 0) is 11.1 Å². The van der Waals surface area contributed by atoms with Gasteiger partial charge in [-0.25, -0.2) is 9.48 Å². The predicted octanol–water partition coefficient (Wildman–Crippen LogP) is 1.54. The summed E-state index contributed by atoms with van der Waals surface area (Å²) in [6.45, 7) is -0.457. The lowest BCUT2D eigenvalue weighted by atomic mass is 10.1. The van der Waals surface area contributed by atoms with E-state index in [1.807, 2.05) is 0 Å². The number of hydrogen-bond donors (Lipinski definition) is 2. The van der Waals surface area contributed by atoms with Crippen LogP contribution in [0.2, 0.25) is 0 Å². The summed E-state index contributed by atoms with van der Waals surface area (Å²) in [6.07, 6.45) is -4.87. The molecule has 6 nitrogen and oxygen atoms in total. The molecule has 0 amide bonds. The number of halogens is 3. The number of aliphatic hydroxyl groups excluding tert-OH is 1. The largest absolute Gasteiger partial charge is 0.476 e. The number of carbonyl (C=O) groups is 1. The summed E-state index contributed by atoms with van der Waals surface area (Å²) in [5.74, 6) is -1.79. The van der Waals surface area contributed by atoms with E-state index < -0.39 is 23.5 Å². The van der Waals surface area contributed by atoms with E-state index in [1.165, 1.54) is 12.1 Å². The van der Waals surface area contributed by atoms with Crippen molar-refractivity contribution in [3.63, 3.8) is 0 Å². The van der Waals surface area contributed by atoms with Crippen LogP contribution in [-0.2, 0) is 19.3 Å². The Morgan fingerprint density at radius 3 is 2.24 bits per heavy atom. The fraction of sp³-hybridized carbons (Fsp3) is 0.250. The van der Waals surface area contributed by atoms with Gasteiger partial charge in [0.1, 0.15) is 0 Å². The number of aromatic nitrogens is 3. The Morgan fingerprint density at radius 1 is 1.19 bits per heavy atom. The summed E-state index contributed by atoms with van der Waals surface area (Å²) in [4.78, 5) is 10.8. The van der Waals surface area contributed by atoms with Gasteiger partial charge in [-0.15, -0.1) is 5.10 Å². The Hall–Kier alpha value is -2.42. The van der Waals surface area contributed by atoms with E-state index in [2.05, 4.69) is 10.3 Å². The van der Waals surface area contributed by atoms with E-state index in [-0.39, 0.29) is 13.2 Å². The van der Waals surface area contributed by atoms with Gasteiger partial charge in [0, 0.05) is 0 Å². The Morgan fingerprint density at radius 2 is 1.76 bits per heavy atom. The second-order valence-electron chi connectivity index (χ2n) is 4.22. The Balaban J connectivity index is 2.37. The first-order chi connectivity index (χ1) is 9.82. The first-order valence-corrected chi connectivity index (χ1v) is 5.75. The lowest BCUT2D eigenvalue weighted by Gasteiger charge is -2.10. The van der Waals surface area contributed by atoms with Crippen LogP contribution < -0.4 is 0 Å². The third-order valence-electron chi connectivity index (χ3n) is 2.74. The lowest BCUT2D eigenvalue weighted by molar-refractivity contribution is -0.144. The molecule has 1 aromatic heterocycles. The number of alkyl halides is 3. The minimum Gasteiger partial charge on any atom is -0.476 e. The smallest absolute Gasteiger partial charge is 0.435 e. The normalized spacial score (nSPS) is 11.6. The molecule has 1 heterocycles. The number of carboxylic acids is 1. The molecule has 0 unspecified atom stereocenters. The monoisotopic (exact) mass is 301 g/mol. The molecule has 2 aromatic rings. The number of aromatic carboxylic acids is 1. The number of nitrogens with zero attached hydrogens (tertiary/aromatic N) is 3. The molecule has 0 aliphatic heterocycles. The second kappa shape index (κ2) is 5.52. The molecule has 1 aromatic carbocycles. The quantitative estimate of drug-likeness (QED) is 0.894. The highest BCUT2D eigenvalue weighted by atomic mass is 19.4. The van der Waals surface area contributed by atoms with E-state index in [0.717, 1.165) is 0 Å². The standard InChI is InChI=1S/C12H10F3N3O3/c13-12(14,15)10-9(11(20)21)16-17-18(10)5-7-1-3-8(6-19)4-2-7/h1-4,19H,5-6H2,(H,20,21). The minimum absolute atomic E-state index is 0.180. The van der Waals surface area contributed by atoms with Crippen molar-refractivity contribution in [2.24, 2.45) is 0 Å². The maximum Gasteiger partial charge on any atom is 0.435 e. The van der Waals surface area contributed by atoms with E-state index in [4.69, 9.17) is 10.2 Å². The summed E-state index contributed by atoms with van der Waals surface area (Å²) < 4.78 is 39.3. The molecule has 0 fully saturated rings. The molecular weight excluding hydrogens is 291 g/mol. The molecule has 0 spiro atoms. The molecule has 112 valence electrons. The highest BCUT2D eigenvalue weighted by molar-refractivity contribution is 5.86. The second-order valence-corrected chi connectivity index (χ2v) is 4.22. The van der Waals surface area contributed by atoms with Gasteiger partial charge in [0.25, 0.3) is 0 Å². The van der Waals surface area contributed by atoms with Crippen molar-refractivity contribution in [2.75, 3.05) is 0 Å². The topological polar surface area (TPSA) is 88.2 Å². The molecule has 0 radical (unpaired) electrons. The zero-order valence-electron chi connectivity index (χ0n) is 10.5. The van der Waals surface area contributed by atoms with Crippen LogP contribution in [0, 0.1) is 0 Å². The average molecular weight is 301 g/mol. The number of benzene rings is 1. The van der Waals surface area contributed by atoms with Gasteiger partial charge < -0.3 is 10.2 Å². The summed E-state index contributed by atoms with van der Waals surface area (Å²) in [6, 6.07) is 6.15. The molecule has 0 saturated heterocycles. The van der Waals surface area contributed by atoms with Gasteiger partial charge >= 0.3 is 12.1 Å². The van der Waals surface area contributed by atoms with Crippen molar-refractivity contribution in [3.8, 4) is 0 Å². The Kier molecular flexibility index (Phi) is 3.94. The van der Waals surface area contributed by atoms with Crippen molar-refractivity contribution in [2.45, 2.75) is 19.3 Å². The summed E-state index contributed by atoms with van der Waals surface area (Å²) in [7, 11) is 0. The average Bonchev–Trinajstić information content (AvgIpc) is 2.83. The maximum absolute atomic E-state index is 12.9. The van der Waals surface area contributed by atoms with Gasteiger partial charge in [0.2, 0.25) is 5.69 Å². The zero-order valence-corrected chi connectivity index (χ0v) is 10.5. The molecule has 0 aliphatic rings. The molecule has 9 heteroatoms. The SMILES string of the molecule is O=C(O)c1nnn(Cc2ccc(CO)cc2)c1C(F)(F)F. The van der Waals surface area contributed by atoms with Crippen LogP contribution >= 0.6 is 0 Å². The lowest BCUT2D eigenvalue weighted by Crippen LogP contribution is -2.18. The first kappa shape index (κ1) is 15.0. The molecule has 0 bridgehead atoms. The highest BCUT2D eigenvalue weighted by Gasteiger charge is 2.41. The first-order valence-electron chi connectivity index (χ1n) is 5.75. The van der Waals surface area contributed by atoms with Gasteiger partial charge in [-0.2, -0.15) is 13.2 Å². The van der Waals surface area contributed by atoms with Crippen LogP contribution in [-0.4, -0.2) is 31.2 Å². The number of aliphatic hydroxyl groups is 1. The van der Waals surface area contributed by atoms with E-state index >= 15 is 0 Å². The molecule has 2 N–H and O–H groups in total. The zero-order chi connectivity index (χ0) is 15.6. The van der Waals surface area contributed by atoms with Gasteiger partial charge in [-0.1, -0.05) is 29.5 Å². The van der Waals surface area contributed by atoms with Crippen molar-refractivity contribution >= 4 is 5.97 Å². The van der Waals surface area contributed by atoms with Crippen LogP contribution in [0.4, 0.5) is 13.2 Å². The fourth-order valence-corrected chi connectivity index (χ4v) is 1.77. The third-order valence-corrected chi connectivity index (χ3v) is 2.74. The van der Waals surface area contributed by atoms with Gasteiger partial charge in [-0.3, -0.25) is 0 Å². The predicted molar refractivity (Wildman–Crippen MR) is 63.5 cm³/mol. The molecule has 0 aliphatic carbocycles. The van der Waals surface area contributed by atoms with Crippen LogP contribution in [0.5, 0.6) is 0 Å². The summed E-state index contributed by atoms with van der Waals surface area (Å²) >= 11 is 0. The Labute approximate surface area is 116 Å². The molecule has 21 heavy (non-hydrogen) atoms. The molecular formula is C12H10F3N3O3. The van der Waals surface area contributed by atoms with Crippen molar-refractivity contribution in [3.05, 3.63) is 46.8 Å². The van der Waals surface area contributed by atoms with Crippen molar-refractivity contribution in [1.82, 2.24) is 15.0 Å². The van der Waals surface area contributed by atoms with E-state index in [0.29, 0.717) is 15.8 Å². The van der Waals surface area contributed by atoms with Crippen LogP contribution in [0.25, 0.3) is 0 Å². The fourth-order valence-electron chi connectivity index (χ4n) is 1.77. The van der Waals surface area contributed by atoms with Crippen LogP contribution in [0.3, 0.4) is 0 Å². The van der Waals surface area contributed by atoms with E-state index in [9.17, 15) is 18.0 Å². The summed E-state index contributed by atoms with van der Waals surface area (Å²) in [5.41, 5.74) is -1.45. The van der Waals surface area contributed by atoms with Crippen molar-refractivity contribution < 1.29 is 28.2 Å². The number of hydrogen-bond acceptors (Lipinski definition) is 4. The molecule has 0 atom stereocenters. The Bertz CT molecular complexity index is 650. The number of rotatable bonds is 4. The maximum atomic E-state index is 12.9. The number of carboxylic acid groups (broad SMARTS) is 1. The molecule has 2 rings (SSSR count). The molecule has 0 saturated carbocycles.